The first-order valence-electron chi connectivity index (χ1n) is 9.52. The molecule has 10 heteroatoms. The maximum absolute atomic E-state index is 12.6. The van der Waals surface area contributed by atoms with Crippen LogP contribution in [0.1, 0.15) is 19.4 Å². The van der Waals surface area contributed by atoms with Crippen molar-refractivity contribution in [1.82, 2.24) is 4.90 Å². The van der Waals surface area contributed by atoms with E-state index >= 15 is 0 Å². The predicted molar refractivity (Wildman–Crippen MR) is 134 cm³/mol. The fourth-order valence-electron chi connectivity index (χ4n) is 2.91. The van der Waals surface area contributed by atoms with Crippen molar-refractivity contribution in [3.8, 4) is 11.5 Å². The summed E-state index contributed by atoms with van der Waals surface area (Å²) in [6.07, 6.45) is 1.70. The van der Waals surface area contributed by atoms with E-state index in [1.165, 1.54) is 18.9 Å². The van der Waals surface area contributed by atoms with E-state index in [2.05, 4.69) is 5.32 Å². The standard InChI is InChI=1S/C22H20Cl2N2O4S2/c1-12(2)26-21(28)18(32-22(26)31)10-13-8-16(24)20(17(9-13)29-3)30-11-19(27)25-15-6-4-14(23)5-7-15/h4-10,12H,11H2,1-3H3,(H,25,27)/b18-10-. The zero-order chi connectivity index (χ0) is 23.4. The van der Waals surface area contributed by atoms with Gasteiger partial charge in [-0.25, -0.2) is 0 Å². The number of thiocarbonyl (C=S) groups is 1. The molecule has 0 unspecified atom stereocenters. The van der Waals surface area contributed by atoms with Crippen LogP contribution in [0, 0.1) is 0 Å². The minimum absolute atomic E-state index is 0.0266. The number of benzene rings is 2. The molecule has 2 aromatic carbocycles. The third kappa shape index (κ3) is 5.75. The Balaban J connectivity index is 1.74. The lowest BCUT2D eigenvalue weighted by atomic mass is 10.1. The number of methoxy groups -OCH3 is 1. The predicted octanol–water partition coefficient (Wildman–Crippen LogP) is 5.63. The molecule has 3 rings (SSSR count). The van der Waals surface area contributed by atoms with Gasteiger partial charge in [-0.2, -0.15) is 0 Å². The van der Waals surface area contributed by atoms with E-state index in [4.69, 9.17) is 44.9 Å². The van der Waals surface area contributed by atoms with Crippen molar-refractivity contribution in [1.29, 1.82) is 0 Å². The SMILES string of the molecule is COc1cc(/C=C2\SC(=S)N(C(C)C)C2=O)cc(Cl)c1OCC(=O)Nc1ccc(Cl)cc1. The van der Waals surface area contributed by atoms with Crippen LogP contribution in [0.2, 0.25) is 10.0 Å². The molecule has 1 aliphatic rings. The van der Waals surface area contributed by atoms with Crippen LogP contribution >= 0.6 is 47.2 Å². The van der Waals surface area contributed by atoms with Crippen LogP contribution in [0.3, 0.4) is 0 Å². The molecular formula is C22H20Cl2N2O4S2. The fraction of sp³-hybridized carbons (Fsp3) is 0.227. The van der Waals surface area contributed by atoms with Gasteiger partial charge in [-0.05, 0) is 61.9 Å². The lowest BCUT2D eigenvalue weighted by Gasteiger charge is -2.18. The van der Waals surface area contributed by atoms with Crippen molar-refractivity contribution in [3.05, 3.63) is 56.9 Å². The summed E-state index contributed by atoms with van der Waals surface area (Å²) < 4.78 is 11.5. The van der Waals surface area contributed by atoms with Gasteiger partial charge in [-0.15, -0.1) is 0 Å². The molecule has 168 valence electrons. The Kier molecular flexibility index (Phi) is 8.05. The van der Waals surface area contributed by atoms with Gasteiger partial charge in [0.15, 0.2) is 18.1 Å². The Hall–Kier alpha value is -2.26. The van der Waals surface area contributed by atoms with E-state index in [0.29, 0.717) is 31.2 Å². The summed E-state index contributed by atoms with van der Waals surface area (Å²) in [6, 6.07) is 10.0. The highest BCUT2D eigenvalue weighted by molar-refractivity contribution is 8.26. The van der Waals surface area contributed by atoms with Crippen LogP contribution in [0.5, 0.6) is 11.5 Å². The number of carbonyl (C=O) groups is 2. The van der Waals surface area contributed by atoms with Gasteiger partial charge >= 0.3 is 0 Å². The average molecular weight is 511 g/mol. The lowest BCUT2D eigenvalue weighted by Crippen LogP contribution is -2.34. The maximum atomic E-state index is 12.6. The molecule has 6 nitrogen and oxygen atoms in total. The van der Waals surface area contributed by atoms with Gasteiger partial charge in [0.25, 0.3) is 11.8 Å². The summed E-state index contributed by atoms with van der Waals surface area (Å²) in [5.74, 6) is 0.0471. The topological polar surface area (TPSA) is 67.9 Å². The molecule has 1 aliphatic heterocycles. The maximum Gasteiger partial charge on any atom is 0.266 e. The number of amides is 2. The third-order valence-electron chi connectivity index (χ3n) is 4.37. The molecule has 1 N–H and O–H groups in total. The number of ether oxygens (including phenoxy) is 2. The Morgan fingerprint density at radius 1 is 1.25 bits per heavy atom. The van der Waals surface area contributed by atoms with Crippen LogP contribution in [0.25, 0.3) is 6.08 Å². The number of hydrogen-bond donors (Lipinski definition) is 1. The van der Waals surface area contributed by atoms with Crippen molar-refractivity contribution in [2.45, 2.75) is 19.9 Å². The smallest absolute Gasteiger partial charge is 0.266 e. The van der Waals surface area contributed by atoms with Crippen LogP contribution in [-0.2, 0) is 9.59 Å². The minimum Gasteiger partial charge on any atom is -0.493 e. The molecule has 0 bridgehead atoms. The van der Waals surface area contributed by atoms with Crippen molar-refractivity contribution in [3.63, 3.8) is 0 Å². The third-order valence-corrected chi connectivity index (χ3v) is 6.23. The number of nitrogens with zero attached hydrogens (tertiary/aromatic N) is 1. The zero-order valence-electron chi connectivity index (χ0n) is 17.5. The summed E-state index contributed by atoms with van der Waals surface area (Å²) >= 11 is 18.8. The molecule has 1 saturated heterocycles. The van der Waals surface area contributed by atoms with Gasteiger partial charge in [-0.1, -0.05) is 47.2 Å². The highest BCUT2D eigenvalue weighted by Gasteiger charge is 2.33. The normalized spacial score (nSPS) is 14.9. The fourth-order valence-corrected chi connectivity index (χ4v) is 4.83. The van der Waals surface area contributed by atoms with E-state index in [1.54, 1.807) is 47.4 Å². The van der Waals surface area contributed by atoms with E-state index < -0.39 is 0 Å². The molecule has 0 aromatic heterocycles. The van der Waals surface area contributed by atoms with Crippen LogP contribution in [0.4, 0.5) is 5.69 Å². The van der Waals surface area contributed by atoms with E-state index in [9.17, 15) is 9.59 Å². The summed E-state index contributed by atoms with van der Waals surface area (Å²) in [5.41, 5.74) is 1.24. The molecule has 32 heavy (non-hydrogen) atoms. The first-order valence-corrected chi connectivity index (χ1v) is 11.5. The second kappa shape index (κ2) is 10.6. The quantitative estimate of drug-likeness (QED) is 0.384. The highest BCUT2D eigenvalue weighted by Crippen LogP contribution is 2.39. The molecule has 2 amide bonds. The molecule has 2 aromatic rings. The van der Waals surface area contributed by atoms with Gasteiger partial charge in [0, 0.05) is 16.8 Å². The summed E-state index contributed by atoms with van der Waals surface area (Å²) in [5, 5.41) is 3.52. The van der Waals surface area contributed by atoms with Crippen molar-refractivity contribution in [2.24, 2.45) is 0 Å². The molecule has 1 heterocycles. The highest BCUT2D eigenvalue weighted by atomic mass is 35.5. The van der Waals surface area contributed by atoms with Gasteiger partial charge in [0.05, 0.1) is 17.0 Å². The molecule has 0 atom stereocenters. The average Bonchev–Trinajstić information content (AvgIpc) is 3.01. The number of anilines is 1. The first-order chi connectivity index (χ1) is 15.2. The van der Waals surface area contributed by atoms with Crippen LogP contribution in [0.15, 0.2) is 41.3 Å². The molecule has 1 fully saturated rings. The lowest BCUT2D eigenvalue weighted by molar-refractivity contribution is -0.123. The molecule has 0 spiro atoms. The Morgan fingerprint density at radius 3 is 2.53 bits per heavy atom. The van der Waals surface area contributed by atoms with E-state index in [0.717, 1.165) is 0 Å². The summed E-state index contributed by atoms with van der Waals surface area (Å²) in [4.78, 5) is 26.9. The Labute approximate surface area is 205 Å². The van der Waals surface area contributed by atoms with E-state index in [-0.39, 0.29) is 35.2 Å². The Morgan fingerprint density at radius 2 is 1.94 bits per heavy atom. The number of thioether (sulfide) groups is 1. The van der Waals surface area contributed by atoms with Crippen LogP contribution in [-0.4, -0.2) is 40.8 Å². The van der Waals surface area contributed by atoms with Crippen molar-refractivity contribution in [2.75, 3.05) is 19.0 Å². The number of halogens is 2. The number of rotatable bonds is 7. The largest absolute Gasteiger partial charge is 0.493 e. The van der Waals surface area contributed by atoms with Crippen LogP contribution < -0.4 is 14.8 Å². The monoisotopic (exact) mass is 510 g/mol. The second-order valence-electron chi connectivity index (χ2n) is 7.02. The molecule has 0 aliphatic carbocycles. The van der Waals surface area contributed by atoms with Gasteiger partial charge in [0.2, 0.25) is 0 Å². The van der Waals surface area contributed by atoms with Gasteiger partial charge in [0.1, 0.15) is 4.32 Å². The van der Waals surface area contributed by atoms with Crippen molar-refractivity contribution < 1.29 is 19.1 Å². The number of carbonyl (C=O) groups excluding carboxylic acids is 2. The molecule has 0 saturated carbocycles. The molecular weight excluding hydrogens is 491 g/mol. The van der Waals surface area contributed by atoms with E-state index in [1.807, 2.05) is 13.8 Å². The second-order valence-corrected chi connectivity index (χ2v) is 9.54. The minimum atomic E-state index is -0.369. The first kappa shape index (κ1) is 24.4. The summed E-state index contributed by atoms with van der Waals surface area (Å²) in [6.45, 7) is 3.54. The Bertz CT molecular complexity index is 1090. The molecule has 0 radical (unpaired) electrons. The van der Waals surface area contributed by atoms with Crippen molar-refractivity contribution >= 4 is 75.1 Å². The summed E-state index contributed by atoms with van der Waals surface area (Å²) in [7, 11) is 1.47. The number of hydrogen-bond acceptors (Lipinski definition) is 6. The van der Waals surface area contributed by atoms with Gasteiger partial charge < -0.3 is 14.8 Å². The zero-order valence-corrected chi connectivity index (χ0v) is 20.6. The van der Waals surface area contributed by atoms with Gasteiger partial charge in [-0.3, -0.25) is 14.5 Å². The number of nitrogens with one attached hydrogen (secondary N) is 1.